The maximum Gasteiger partial charge on any atom is 0.0546 e. The molecule has 0 aliphatic heterocycles. The SMILES string of the molecule is c1ccc(-c2cccc(N(c3ccc4ccccc4c3)c3cc4ccc5ccccc5c4c4ccccc34)c2)cc1. The van der Waals surface area contributed by atoms with Crippen LogP contribution in [0.5, 0.6) is 0 Å². The zero-order chi connectivity index (χ0) is 27.2. The molecule has 192 valence electrons. The molecule has 0 aliphatic rings. The van der Waals surface area contributed by atoms with Crippen LogP contribution in [0.25, 0.3) is 54.2 Å². The summed E-state index contributed by atoms with van der Waals surface area (Å²) in [7, 11) is 0. The molecule has 0 saturated heterocycles. The van der Waals surface area contributed by atoms with E-state index in [1.807, 2.05) is 0 Å². The Hall–Kier alpha value is -5.40. The molecule has 8 rings (SSSR count). The van der Waals surface area contributed by atoms with Crippen molar-refractivity contribution in [2.45, 2.75) is 0 Å². The number of rotatable bonds is 4. The Morgan fingerprint density at radius 3 is 1.78 bits per heavy atom. The normalized spacial score (nSPS) is 11.4. The lowest BCUT2D eigenvalue weighted by Gasteiger charge is -2.28. The average Bonchev–Trinajstić information content (AvgIpc) is 3.05. The van der Waals surface area contributed by atoms with Crippen LogP contribution in [0.4, 0.5) is 17.1 Å². The van der Waals surface area contributed by atoms with Crippen LogP contribution >= 0.6 is 0 Å². The first-order valence-electron chi connectivity index (χ1n) is 14.1. The van der Waals surface area contributed by atoms with E-state index >= 15 is 0 Å². The minimum atomic E-state index is 1.13. The smallest absolute Gasteiger partial charge is 0.0546 e. The van der Waals surface area contributed by atoms with Crippen molar-refractivity contribution >= 4 is 60.2 Å². The van der Waals surface area contributed by atoms with E-state index in [0.717, 1.165) is 11.4 Å². The third-order valence-corrected chi connectivity index (χ3v) is 8.17. The second-order valence-corrected chi connectivity index (χ2v) is 10.6. The molecule has 8 aromatic rings. The first-order valence-corrected chi connectivity index (χ1v) is 14.1. The van der Waals surface area contributed by atoms with E-state index in [9.17, 15) is 0 Å². The predicted molar refractivity (Wildman–Crippen MR) is 177 cm³/mol. The molecule has 0 saturated carbocycles. The molecule has 1 nitrogen and oxygen atoms in total. The zero-order valence-corrected chi connectivity index (χ0v) is 22.5. The maximum absolute atomic E-state index is 2.43. The van der Waals surface area contributed by atoms with E-state index in [4.69, 9.17) is 0 Å². The third kappa shape index (κ3) is 4.02. The Labute approximate surface area is 239 Å². The lowest BCUT2D eigenvalue weighted by Crippen LogP contribution is -2.11. The van der Waals surface area contributed by atoms with Gasteiger partial charge in [-0.15, -0.1) is 0 Å². The number of fused-ring (bicyclic) bond motifs is 6. The summed E-state index contributed by atoms with van der Waals surface area (Å²) in [6.45, 7) is 0. The molecule has 0 fully saturated rings. The van der Waals surface area contributed by atoms with Crippen LogP contribution in [0, 0.1) is 0 Å². The van der Waals surface area contributed by atoms with Crippen molar-refractivity contribution in [3.63, 3.8) is 0 Å². The third-order valence-electron chi connectivity index (χ3n) is 8.17. The van der Waals surface area contributed by atoms with Gasteiger partial charge in [-0.3, -0.25) is 0 Å². The van der Waals surface area contributed by atoms with Crippen molar-refractivity contribution < 1.29 is 0 Å². The molecule has 0 N–H and O–H groups in total. The van der Waals surface area contributed by atoms with E-state index in [-0.39, 0.29) is 0 Å². The van der Waals surface area contributed by atoms with Crippen LogP contribution in [0.15, 0.2) is 164 Å². The quantitative estimate of drug-likeness (QED) is 0.208. The van der Waals surface area contributed by atoms with Crippen molar-refractivity contribution in [2.24, 2.45) is 0 Å². The van der Waals surface area contributed by atoms with E-state index in [1.54, 1.807) is 0 Å². The Morgan fingerprint density at radius 2 is 0.927 bits per heavy atom. The summed E-state index contributed by atoms with van der Waals surface area (Å²) in [6, 6.07) is 59.3. The van der Waals surface area contributed by atoms with Crippen LogP contribution in [-0.2, 0) is 0 Å². The van der Waals surface area contributed by atoms with Gasteiger partial charge in [-0.2, -0.15) is 0 Å². The van der Waals surface area contributed by atoms with Gasteiger partial charge in [-0.25, -0.2) is 0 Å². The molecular formula is C40H27N. The van der Waals surface area contributed by atoms with Crippen molar-refractivity contribution in [2.75, 3.05) is 4.90 Å². The first-order chi connectivity index (χ1) is 20.3. The van der Waals surface area contributed by atoms with Gasteiger partial charge in [0.1, 0.15) is 0 Å². The minimum Gasteiger partial charge on any atom is -0.310 e. The minimum absolute atomic E-state index is 1.13. The summed E-state index contributed by atoms with van der Waals surface area (Å²) in [4.78, 5) is 2.43. The molecule has 0 heterocycles. The molecule has 0 aromatic heterocycles. The summed E-state index contributed by atoms with van der Waals surface area (Å²) < 4.78 is 0. The topological polar surface area (TPSA) is 3.24 Å². The molecule has 0 radical (unpaired) electrons. The van der Waals surface area contributed by atoms with Crippen molar-refractivity contribution in [1.82, 2.24) is 0 Å². The van der Waals surface area contributed by atoms with Gasteiger partial charge in [0.25, 0.3) is 0 Å². The lowest BCUT2D eigenvalue weighted by molar-refractivity contribution is 1.31. The first kappa shape index (κ1) is 23.5. The Balaban J connectivity index is 1.44. The van der Waals surface area contributed by atoms with Gasteiger partial charge in [0.15, 0.2) is 0 Å². The Bertz CT molecular complexity index is 2210. The van der Waals surface area contributed by atoms with Crippen LogP contribution in [0.3, 0.4) is 0 Å². The molecule has 0 bridgehead atoms. The highest BCUT2D eigenvalue weighted by atomic mass is 15.1. The number of hydrogen-bond donors (Lipinski definition) is 0. The van der Waals surface area contributed by atoms with Gasteiger partial charge < -0.3 is 4.90 Å². The molecule has 41 heavy (non-hydrogen) atoms. The van der Waals surface area contributed by atoms with E-state index in [0.29, 0.717) is 0 Å². The summed E-state index contributed by atoms with van der Waals surface area (Å²) >= 11 is 0. The fourth-order valence-corrected chi connectivity index (χ4v) is 6.24. The molecule has 1 heteroatoms. The van der Waals surface area contributed by atoms with Crippen LogP contribution in [-0.4, -0.2) is 0 Å². The summed E-state index contributed by atoms with van der Waals surface area (Å²) in [5, 5.41) is 10.1. The fraction of sp³-hybridized carbons (Fsp3) is 0. The molecule has 0 unspecified atom stereocenters. The molecule has 0 amide bonds. The molecular weight excluding hydrogens is 494 g/mol. The molecule has 0 atom stereocenters. The maximum atomic E-state index is 2.43. The standard InChI is InChI=1S/C40H27N/c1-2-11-28(12-3-1)32-16-10-17-34(25-32)41(35-24-23-29-13-4-5-15-31(29)26-35)39-27-33-22-21-30-14-6-7-18-36(30)40(33)38-20-9-8-19-37(38)39/h1-27H. The van der Waals surface area contributed by atoms with Crippen LogP contribution in [0.1, 0.15) is 0 Å². The molecule has 8 aromatic carbocycles. The van der Waals surface area contributed by atoms with Gasteiger partial charge in [0.05, 0.1) is 5.69 Å². The van der Waals surface area contributed by atoms with Crippen LogP contribution < -0.4 is 4.90 Å². The van der Waals surface area contributed by atoms with Gasteiger partial charge >= 0.3 is 0 Å². The van der Waals surface area contributed by atoms with Crippen LogP contribution in [0.2, 0.25) is 0 Å². The fourth-order valence-electron chi connectivity index (χ4n) is 6.24. The highest BCUT2D eigenvalue weighted by Gasteiger charge is 2.19. The van der Waals surface area contributed by atoms with Gasteiger partial charge in [0, 0.05) is 16.8 Å². The Morgan fingerprint density at radius 1 is 0.317 bits per heavy atom. The van der Waals surface area contributed by atoms with Gasteiger partial charge in [0.2, 0.25) is 0 Å². The van der Waals surface area contributed by atoms with E-state index < -0.39 is 0 Å². The zero-order valence-electron chi connectivity index (χ0n) is 22.5. The second kappa shape index (κ2) is 9.66. The summed E-state index contributed by atoms with van der Waals surface area (Å²) in [5.41, 5.74) is 5.85. The van der Waals surface area contributed by atoms with E-state index in [1.165, 1.54) is 59.9 Å². The van der Waals surface area contributed by atoms with Gasteiger partial charge in [-0.1, -0.05) is 133 Å². The monoisotopic (exact) mass is 521 g/mol. The largest absolute Gasteiger partial charge is 0.310 e. The highest BCUT2D eigenvalue weighted by molar-refractivity contribution is 6.23. The van der Waals surface area contributed by atoms with Crippen molar-refractivity contribution in [3.05, 3.63) is 164 Å². The number of benzene rings is 8. The highest BCUT2D eigenvalue weighted by Crippen LogP contribution is 2.44. The predicted octanol–water partition coefficient (Wildman–Crippen LogP) is 11.4. The van der Waals surface area contributed by atoms with Crippen molar-refractivity contribution in [3.8, 4) is 11.1 Å². The van der Waals surface area contributed by atoms with E-state index in [2.05, 4.69) is 169 Å². The number of anilines is 3. The van der Waals surface area contributed by atoms with Crippen molar-refractivity contribution in [1.29, 1.82) is 0 Å². The molecule has 0 aliphatic carbocycles. The summed E-state index contributed by atoms with van der Waals surface area (Å²) in [5.74, 6) is 0. The Kier molecular flexibility index (Phi) is 5.53. The number of nitrogens with zero attached hydrogens (tertiary/aromatic N) is 1. The van der Waals surface area contributed by atoms with Gasteiger partial charge in [-0.05, 0) is 79.2 Å². The second-order valence-electron chi connectivity index (χ2n) is 10.6. The average molecular weight is 522 g/mol. The lowest BCUT2D eigenvalue weighted by atomic mass is 9.94. The molecule has 0 spiro atoms. The number of hydrogen-bond acceptors (Lipinski definition) is 1. The summed E-state index contributed by atoms with van der Waals surface area (Å²) in [6.07, 6.45) is 0.